The van der Waals surface area contributed by atoms with Crippen molar-refractivity contribution in [2.45, 2.75) is 19.3 Å². The molecule has 1 fully saturated rings. The number of anilines is 1. The highest BCUT2D eigenvalue weighted by atomic mass is 35.5. The zero-order chi connectivity index (χ0) is 20.5. The van der Waals surface area contributed by atoms with Crippen LogP contribution in [0.25, 0.3) is 5.57 Å². The average molecular weight is 431 g/mol. The molecule has 1 saturated heterocycles. The fourth-order valence-electron chi connectivity index (χ4n) is 3.86. The molecule has 4 rings (SSSR count). The van der Waals surface area contributed by atoms with E-state index in [0.29, 0.717) is 38.3 Å². The van der Waals surface area contributed by atoms with Gasteiger partial charge in [-0.25, -0.2) is 4.90 Å². The first-order chi connectivity index (χ1) is 14.0. The zero-order valence-electron chi connectivity index (χ0n) is 16.0. The second-order valence-electron chi connectivity index (χ2n) is 7.04. The molecule has 2 aliphatic rings. The smallest absolute Gasteiger partial charge is 0.282 e. The van der Waals surface area contributed by atoms with Crippen LogP contribution >= 0.6 is 23.2 Å². The minimum Gasteiger partial charge on any atom is -0.495 e. The van der Waals surface area contributed by atoms with Crippen molar-refractivity contribution in [1.82, 2.24) is 4.90 Å². The van der Waals surface area contributed by atoms with Crippen LogP contribution in [0.4, 0.5) is 5.69 Å². The number of hydrogen-bond donors (Lipinski definition) is 0. The molecule has 0 bridgehead atoms. The lowest BCUT2D eigenvalue weighted by Gasteiger charge is -2.29. The van der Waals surface area contributed by atoms with Crippen LogP contribution in [0, 0.1) is 0 Å². The molecule has 0 aromatic heterocycles. The van der Waals surface area contributed by atoms with Crippen LogP contribution in [0.1, 0.15) is 24.8 Å². The monoisotopic (exact) mass is 430 g/mol. The number of halogens is 2. The van der Waals surface area contributed by atoms with Crippen LogP contribution in [0.3, 0.4) is 0 Å². The Morgan fingerprint density at radius 1 is 0.862 bits per heavy atom. The summed E-state index contributed by atoms with van der Waals surface area (Å²) in [5.41, 5.74) is 1.82. The van der Waals surface area contributed by atoms with Crippen molar-refractivity contribution >= 4 is 46.3 Å². The largest absolute Gasteiger partial charge is 0.495 e. The number of ether oxygens (including phenoxy) is 1. The molecule has 0 spiro atoms. The van der Waals surface area contributed by atoms with Crippen molar-refractivity contribution < 1.29 is 14.3 Å². The van der Waals surface area contributed by atoms with E-state index in [0.717, 1.165) is 32.4 Å². The Morgan fingerprint density at radius 3 is 2.17 bits per heavy atom. The van der Waals surface area contributed by atoms with Gasteiger partial charge >= 0.3 is 0 Å². The Balaban J connectivity index is 1.86. The molecule has 2 heterocycles. The molecule has 2 amide bonds. The van der Waals surface area contributed by atoms with Gasteiger partial charge in [-0.1, -0.05) is 35.3 Å². The van der Waals surface area contributed by atoms with E-state index < -0.39 is 5.91 Å². The highest BCUT2D eigenvalue weighted by Gasteiger charge is 2.43. The number of methoxy groups -OCH3 is 1. The number of rotatable bonds is 4. The van der Waals surface area contributed by atoms with E-state index in [-0.39, 0.29) is 5.91 Å². The predicted octanol–water partition coefficient (Wildman–Crippen LogP) is 4.77. The van der Waals surface area contributed by atoms with E-state index in [9.17, 15) is 9.59 Å². The van der Waals surface area contributed by atoms with Crippen molar-refractivity contribution in [3.05, 3.63) is 63.8 Å². The molecular formula is C22H20Cl2N2O3. The molecule has 7 heteroatoms. The van der Waals surface area contributed by atoms with Gasteiger partial charge < -0.3 is 9.64 Å². The first kappa shape index (κ1) is 19.8. The third-order valence-electron chi connectivity index (χ3n) is 5.25. The second kappa shape index (κ2) is 8.09. The first-order valence-corrected chi connectivity index (χ1v) is 10.2. The summed E-state index contributed by atoms with van der Waals surface area (Å²) < 4.78 is 5.39. The maximum Gasteiger partial charge on any atom is 0.282 e. The van der Waals surface area contributed by atoms with Gasteiger partial charge in [-0.15, -0.1) is 0 Å². The summed E-state index contributed by atoms with van der Waals surface area (Å²) in [5, 5.41) is 0.986. The minimum atomic E-state index is -0.390. The summed E-state index contributed by atoms with van der Waals surface area (Å²) in [6, 6.07) is 11.9. The molecule has 0 N–H and O–H groups in total. The highest BCUT2D eigenvalue weighted by Crippen LogP contribution is 2.40. The Bertz CT molecular complexity index is 996. The summed E-state index contributed by atoms with van der Waals surface area (Å²) in [6.45, 7) is 1.48. The Hall–Kier alpha value is -2.50. The number of carbonyl (C=O) groups excluding carboxylic acids is 2. The Kier molecular flexibility index (Phi) is 5.52. The third kappa shape index (κ3) is 3.61. The molecule has 2 aromatic carbocycles. The number of piperidine rings is 1. The summed E-state index contributed by atoms with van der Waals surface area (Å²) in [4.78, 5) is 30.2. The maximum absolute atomic E-state index is 13.5. The van der Waals surface area contributed by atoms with Crippen molar-refractivity contribution in [2.24, 2.45) is 0 Å². The highest BCUT2D eigenvalue weighted by molar-refractivity contribution is 6.46. The molecule has 0 unspecified atom stereocenters. The van der Waals surface area contributed by atoms with Crippen LogP contribution in [-0.2, 0) is 9.59 Å². The number of hydrogen-bond acceptors (Lipinski definition) is 4. The number of amides is 2. The SMILES string of the molecule is COc1ccc(Cl)cc1N1C(=O)C(c2ccc(Cl)cc2)=C(N2CCCCC2)C1=O. The van der Waals surface area contributed by atoms with Gasteiger partial charge in [0.25, 0.3) is 11.8 Å². The van der Waals surface area contributed by atoms with E-state index in [2.05, 4.69) is 0 Å². The summed E-state index contributed by atoms with van der Waals surface area (Å²) in [7, 11) is 1.50. The van der Waals surface area contributed by atoms with E-state index in [1.165, 1.54) is 12.0 Å². The van der Waals surface area contributed by atoms with Crippen molar-refractivity contribution in [3.8, 4) is 5.75 Å². The zero-order valence-corrected chi connectivity index (χ0v) is 17.5. The third-order valence-corrected chi connectivity index (χ3v) is 5.73. The molecule has 2 aromatic rings. The standard InChI is InChI=1S/C22H20Cl2N2O3/c1-29-18-10-9-16(24)13-17(18)26-21(27)19(14-5-7-15(23)8-6-14)20(22(26)28)25-11-3-2-4-12-25/h5-10,13H,2-4,11-12H2,1H3. The van der Waals surface area contributed by atoms with Crippen LogP contribution in [0.2, 0.25) is 10.0 Å². The molecule has 150 valence electrons. The molecule has 0 saturated carbocycles. The van der Waals surface area contributed by atoms with E-state index in [1.807, 2.05) is 4.90 Å². The van der Waals surface area contributed by atoms with Crippen molar-refractivity contribution in [3.63, 3.8) is 0 Å². The average Bonchev–Trinajstić information content (AvgIpc) is 2.99. The normalized spacial score (nSPS) is 17.3. The van der Waals surface area contributed by atoms with Gasteiger partial charge in [0.05, 0.1) is 18.4 Å². The van der Waals surface area contributed by atoms with E-state index in [1.54, 1.807) is 42.5 Å². The summed E-state index contributed by atoms with van der Waals surface area (Å²) >= 11 is 12.2. The van der Waals surface area contributed by atoms with Crippen LogP contribution in [0.15, 0.2) is 48.2 Å². The van der Waals surface area contributed by atoms with Gasteiger partial charge in [0.1, 0.15) is 11.4 Å². The quantitative estimate of drug-likeness (QED) is 0.655. The molecule has 5 nitrogen and oxygen atoms in total. The van der Waals surface area contributed by atoms with E-state index in [4.69, 9.17) is 27.9 Å². The van der Waals surface area contributed by atoms with Gasteiger partial charge in [0, 0.05) is 23.1 Å². The van der Waals surface area contributed by atoms with Crippen LogP contribution in [-0.4, -0.2) is 36.9 Å². The van der Waals surface area contributed by atoms with Crippen molar-refractivity contribution in [1.29, 1.82) is 0 Å². The number of likely N-dealkylation sites (tertiary alicyclic amines) is 1. The van der Waals surface area contributed by atoms with Crippen molar-refractivity contribution in [2.75, 3.05) is 25.1 Å². The van der Waals surface area contributed by atoms with E-state index >= 15 is 0 Å². The topological polar surface area (TPSA) is 49.9 Å². The molecular weight excluding hydrogens is 411 g/mol. The molecule has 29 heavy (non-hydrogen) atoms. The van der Waals surface area contributed by atoms with Gasteiger partial charge in [-0.3, -0.25) is 9.59 Å². The number of carbonyl (C=O) groups is 2. The molecule has 0 atom stereocenters. The minimum absolute atomic E-state index is 0.341. The summed E-state index contributed by atoms with van der Waals surface area (Å²) in [5.74, 6) is -0.340. The lowest BCUT2D eigenvalue weighted by Crippen LogP contribution is -2.37. The van der Waals surface area contributed by atoms with Gasteiger partial charge in [-0.05, 0) is 55.2 Å². The fraction of sp³-hybridized carbons (Fsp3) is 0.273. The molecule has 2 aliphatic heterocycles. The predicted molar refractivity (Wildman–Crippen MR) is 114 cm³/mol. The lowest BCUT2D eigenvalue weighted by atomic mass is 10.0. The Labute approximate surface area is 179 Å². The van der Waals surface area contributed by atoms with Crippen LogP contribution in [0.5, 0.6) is 5.75 Å². The summed E-state index contributed by atoms with van der Waals surface area (Å²) in [6.07, 6.45) is 3.09. The maximum atomic E-state index is 13.5. The first-order valence-electron chi connectivity index (χ1n) is 9.48. The number of benzene rings is 2. The fourth-order valence-corrected chi connectivity index (χ4v) is 4.15. The lowest BCUT2D eigenvalue weighted by molar-refractivity contribution is -0.120. The molecule has 0 radical (unpaired) electrons. The number of imide groups is 1. The van der Waals surface area contributed by atoms with Gasteiger partial charge in [0.2, 0.25) is 0 Å². The Morgan fingerprint density at radius 2 is 1.52 bits per heavy atom. The van der Waals surface area contributed by atoms with Gasteiger partial charge in [-0.2, -0.15) is 0 Å². The van der Waals surface area contributed by atoms with Crippen LogP contribution < -0.4 is 9.64 Å². The number of nitrogens with zero attached hydrogens (tertiary/aromatic N) is 2. The van der Waals surface area contributed by atoms with Gasteiger partial charge in [0.15, 0.2) is 0 Å². The molecule has 0 aliphatic carbocycles. The second-order valence-corrected chi connectivity index (χ2v) is 7.91.